The van der Waals surface area contributed by atoms with E-state index in [-0.39, 0.29) is 11.5 Å². The van der Waals surface area contributed by atoms with E-state index in [1.54, 1.807) is 12.1 Å². The van der Waals surface area contributed by atoms with Crippen LogP contribution in [-0.4, -0.2) is 22.8 Å². The normalized spacial score (nSPS) is 9.57. The number of phenols is 2. The van der Waals surface area contributed by atoms with Crippen molar-refractivity contribution in [1.82, 2.24) is 0 Å². The fourth-order valence-electron chi connectivity index (χ4n) is 2.82. The molecule has 4 rings (SSSR count). The molecule has 0 aliphatic carbocycles. The average molecular weight is 372 g/mol. The Hall–Kier alpha value is -3.92. The van der Waals surface area contributed by atoms with Gasteiger partial charge in [0.25, 0.3) is 0 Å². The molecule has 0 unspecified atom stereocenters. The Morgan fingerprint density at radius 3 is 1.29 bits per heavy atom. The van der Waals surface area contributed by atoms with Crippen LogP contribution in [0.4, 0.5) is 0 Å². The summed E-state index contributed by atoms with van der Waals surface area (Å²) in [5.41, 5.74) is 0.719. The fraction of sp³-hybridized carbons (Fsp3) is 0. The zero-order valence-corrected chi connectivity index (χ0v) is 15.2. The average Bonchev–Trinajstić information content (AvgIpc) is 2.75. The Bertz CT molecular complexity index is 1030. The van der Waals surface area contributed by atoms with Crippen LogP contribution in [0.2, 0.25) is 0 Å². The predicted octanol–water partition coefficient (Wildman–Crippen LogP) is 5.52. The van der Waals surface area contributed by atoms with Crippen molar-refractivity contribution in [2.24, 2.45) is 0 Å². The van der Waals surface area contributed by atoms with Crippen LogP contribution in [0.3, 0.4) is 0 Å². The molecule has 0 saturated carbocycles. The third-order valence-electron chi connectivity index (χ3n) is 4.13. The van der Waals surface area contributed by atoms with Crippen LogP contribution in [0, 0.1) is 0 Å². The highest BCUT2D eigenvalue weighted by Gasteiger charge is 2.04. The van der Waals surface area contributed by atoms with Crippen LogP contribution < -0.4 is 0 Å². The number of fused-ring (bicyclic) bond motifs is 2. The first-order valence-electron chi connectivity index (χ1n) is 8.47. The third-order valence-corrected chi connectivity index (χ3v) is 4.13. The molecule has 0 aliphatic rings. The molecule has 4 aromatic rings. The molecule has 2 N–H and O–H groups in total. The highest BCUT2D eigenvalue weighted by molar-refractivity contribution is 6.01. The van der Waals surface area contributed by atoms with Crippen molar-refractivity contribution in [3.63, 3.8) is 0 Å². The molecular formula is C24H20O4. The molecule has 4 aromatic carbocycles. The maximum atomic E-state index is 10.7. The number of hydrogen-bond donors (Lipinski definition) is 2. The van der Waals surface area contributed by atoms with E-state index in [0.717, 1.165) is 21.5 Å². The van der Waals surface area contributed by atoms with E-state index >= 15 is 0 Å². The SMILES string of the molecule is C=C.O=Cc1c(O)ccc2ccccc12.O=Cc1c(O)ccc2ccccc12. The smallest absolute Gasteiger partial charge is 0.154 e. The Kier molecular flexibility index (Phi) is 7.06. The summed E-state index contributed by atoms with van der Waals surface area (Å²) in [6, 6.07) is 21.6. The summed E-state index contributed by atoms with van der Waals surface area (Å²) in [4.78, 5) is 21.4. The number of benzene rings is 4. The van der Waals surface area contributed by atoms with Crippen LogP contribution in [0.25, 0.3) is 21.5 Å². The van der Waals surface area contributed by atoms with Gasteiger partial charge in [0.1, 0.15) is 11.5 Å². The molecule has 0 aliphatic heterocycles. The minimum atomic E-state index is 0.0358. The monoisotopic (exact) mass is 372 g/mol. The lowest BCUT2D eigenvalue weighted by Crippen LogP contribution is -1.83. The van der Waals surface area contributed by atoms with Crippen molar-refractivity contribution < 1.29 is 19.8 Å². The molecule has 0 atom stereocenters. The number of carbonyl (C=O) groups excluding carboxylic acids is 2. The fourth-order valence-corrected chi connectivity index (χ4v) is 2.82. The van der Waals surface area contributed by atoms with Gasteiger partial charge in [-0.25, -0.2) is 0 Å². The number of carbonyl (C=O) groups is 2. The first-order valence-corrected chi connectivity index (χ1v) is 8.47. The number of aromatic hydroxyl groups is 2. The van der Waals surface area contributed by atoms with Gasteiger partial charge in [-0.15, -0.1) is 13.2 Å². The minimum Gasteiger partial charge on any atom is -0.507 e. The van der Waals surface area contributed by atoms with E-state index in [0.29, 0.717) is 23.7 Å². The summed E-state index contributed by atoms with van der Waals surface area (Å²) in [5.74, 6) is 0.0717. The number of aldehydes is 2. The molecule has 0 heterocycles. The molecule has 0 aromatic heterocycles. The van der Waals surface area contributed by atoms with Crippen LogP contribution in [0.5, 0.6) is 11.5 Å². The second-order valence-electron chi connectivity index (χ2n) is 5.67. The van der Waals surface area contributed by atoms with Crippen molar-refractivity contribution in [3.05, 3.63) is 97.1 Å². The van der Waals surface area contributed by atoms with Crippen LogP contribution >= 0.6 is 0 Å². The standard InChI is InChI=1S/2C11H8O2.C2H4/c2*12-7-10-9-4-2-1-3-8(9)5-6-11(10)13;1-2/h2*1-7,13H;1-2H2. The second-order valence-corrected chi connectivity index (χ2v) is 5.67. The van der Waals surface area contributed by atoms with E-state index in [1.165, 1.54) is 12.1 Å². The first-order chi connectivity index (χ1) is 13.7. The van der Waals surface area contributed by atoms with Gasteiger partial charge in [-0.2, -0.15) is 0 Å². The van der Waals surface area contributed by atoms with Crippen LogP contribution in [0.1, 0.15) is 20.7 Å². The second kappa shape index (κ2) is 9.69. The Balaban J connectivity index is 0.000000184. The summed E-state index contributed by atoms with van der Waals surface area (Å²) in [7, 11) is 0. The van der Waals surface area contributed by atoms with Crippen LogP contribution in [-0.2, 0) is 0 Å². The number of hydrogen-bond acceptors (Lipinski definition) is 4. The van der Waals surface area contributed by atoms with Crippen molar-refractivity contribution in [2.45, 2.75) is 0 Å². The van der Waals surface area contributed by atoms with Crippen LogP contribution in [0.15, 0.2) is 86.0 Å². The van der Waals surface area contributed by atoms with Gasteiger partial charge in [-0.1, -0.05) is 60.7 Å². The summed E-state index contributed by atoms with van der Waals surface area (Å²) < 4.78 is 0. The van der Waals surface area contributed by atoms with E-state index in [1.807, 2.05) is 48.5 Å². The highest BCUT2D eigenvalue weighted by atomic mass is 16.3. The maximum absolute atomic E-state index is 10.7. The lowest BCUT2D eigenvalue weighted by atomic mass is 10.0. The molecule has 0 bridgehead atoms. The van der Waals surface area contributed by atoms with Gasteiger partial charge in [-0.3, -0.25) is 9.59 Å². The van der Waals surface area contributed by atoms with Crippen molar-refractivity contribution in [1.29, 1.82) is 0 Å². The van der Waals surface area contributed by atoms with Gasteiger partial charge in [0.15, 0.2) is 12.6 Å². The van der Waals surface area contributed by atoms with Gasteiger partial charge >= 0.3 is 0 Å². The molecule has 0 spiro atoms. The first kappa shape index (κ1) is 20.4. The molecule has 0 radical (unpaired) electrons. The van der Waals surface area contributed by atoms with Gasteiger partial charge in [-0.05, 0) is 33.7 Å². The molecule has 0 amide bonds. The lowest BCUT2D eigenvalue weighted by molar-refractivity contribution is 0.111. The van der Waals surface area contributed by atoms with Crippen molar-refractivity contribution >= 4 is 34.1 Å². The zero-order valence-electron chi connectivity index (χ0n) is 15.2. The van der Waals surface area contributed by atoms with Gasteiger partial charge in [0, 0.05) is 0 Å². The highest BCUT2D eigenvalue weighted by Crippen LogP contribution is 2.25. The summed E-state index contributed by atoms with van der Waals surface area (Å²) >= 11 is 0. The van der Waals surface area contributed by atoms with Crippen molar-refractivity contribution in [2.75, 3.05) is 0 Å². The van der Waals surface area contributed by atoms with Gasteiger partial charge in [0.05, 0.1) is 11.1 Å². The Labute approximate surface area is 163 Å². The van der Waals surface area contributed by atoms with Crippen molar-refractivity contribution in [3.8, 4) is 11.5 Å². The minimum absolute atomic E-state index is 0.0358. The Morgan fingerprint density at radius 2 is 0.929 bits per heavy atom. The van der Waals surface area contributed by atoms with E-state index in [4.69, 9.17) is 0 Å². The van der Waals surface area contributed by atoms with E-state index < -0.39 is 0 Å². The van der Waals surface area contributed by atoms with E-state index in [9.17, 15) is 19.8 Å². The third kappa shape index (κ3) is 4.24. The maximum Gasteiger partial charge on any atom is 0.154 e. The Morgan fingerprint density at radius 1 is 0.571 bits per heavy atom. The number of phenolic OH excluding ortho intramolecular Hbond substituents is 2. The molecule has 140 valence electrons. The quantitative estimate of drug-likeness (QED) is 0.359. The molecule has 0 saturated heterocycles. The lowest BCUT2D eigenvalue weighted by Gasteiger charge is -2.01. The molecule has 0 fully saturated rings. The zero-order chi connectivity index (χ0) is 20.5. The number of rotatable bonds is 2. The predicted molar refractivity (Wildman–Crippen MR) is 113 cm³/mol. The molecule has 4 nitrogen and oxygen atoms in total. The van der Waals surface area contributed by atoms with E-state index in [2.05, 4.69) is 13.2 Å². The molecule has 4 heteroatoms. The molecular weight excluding hydrogens is 352 g/mol. The summed E-state index contributed by atoms with van der Waals surface area (Å²) in [5, 5.41) is 22.3. The summed E-state index contributed by atoms with van der Waals surface area (Å²) in [6.45, 7) is 6.00. The topological polar surface area (TPSA) is 74.6 Å². The van der Waals surface area contributed by atoms with Gasteiger partial charge in [0.2, 0.25) is 0 Å². The van der Waals surface area contributed by atoms with Gasteiger partial charge < -0.3 is 10.2 Å². The molecule has 28 heavy (non-hydrogen) atoms. The summed E-state index contributed by atoms with van der Waals surface area (Å²) in [6.07, 6.45) is 1.36. The largest absolute Gasteiger partial charge is 0.507 e.